The minimum absolute atomic E-state index is 0.0249. The van der Waals surface area contributed by atoms with Gasteiger partial charge in [0.15, 0.2) is 11.4 Å². The second-order valence-corrected chi connectivity index (χ2v) is 5.58. The summed E-state index contributed by atoms with van der Waals surface area (Å²) in [5.41, 5.74) is -0.548. The van der Waals surface area contributed by atoms with Gasteiger partial charge in [-0.15, -0.1) is 0 Å². The molecule has 2 aromatic heterocycles. The first-order valence-electron chi connectivity index (χ1n) is 7.34. The fraction of sp³-hybridized carbons (Fsp3) is 0.250. The number of hydrogen-bond acceptors (Lipinski definition) is 4. The number of carbonyl (C=O) groups excluding carboxylic acids is 1. The van der Waals surface area contributed by atoms with Crippen LogP contribution in [0.5, 0.6) is 0 Å². The molecule has 9 heteroatoms. The van der Waals surface area contributed by atoms with Crippen molar-refractivity contribution in [2.24, 2.45) is 0 Å². The Kier molecular flexibility index (Phi) is 3.94. The molecule has 25 heavy (non-hydrogen) atoms. The van der Waals surface area contributed by atoms with Gasteiger partial charge in [0.05, 0.1) is 17.9 Å². The lowest BCUT2D eigenvalue weighted by molar-refractivity contribution is -0.137. The summed E-state index contributed by atoms with van der Waals surface area (Å²) in [5, 5.41) is 4.22. The minimum Gasteiger partial charge on any atom is -0.312 e. The first-order chi connectivity index (χ1) is 11.7. The van der Waals surface area contributed by atoms with E-state index in [4.69, 9.17) is 0 Å². The number of alkyl halides is 3. The average molecular weight is 350 g/mol. The van der Waals surface area contributed by atoms with E-state index in [0.717, 1.165) is 12.1 Å². The van der Waals surface area contributed by atoms with Gasteiger partial charge in [-0.25, -0.2) is 9.67 Å². The van der Waals surface area contributed by atoms with E-state index in [0.29, 0.717) is 5.56 Å². The van der Waals surface area contributed by atoms with Gasteiger partial charge in [-0.1, -0.05) is 12.1 Å². The molecule has 1 aromatic carbocycles. The molecule has 6 nitrogen and oxygen atoms in total. The second kappa shape index (κ2) is 5.83. The summed E-state index contributed by atoms with van der Waals surface area (Å²) in [6, 6.07) is 4.10. The zero-order valence-electron chi connectivity index (χ0n) is 13.3. The summed E-state index contributed by atoms with van der Waals surface area (Å²) in [6.07, 6.45) is -3.23. The molecule has 0 saturated heterocycles. The number of aromatic amines is 1. The monoisotopic (exact) mass is 350 g/mol. The van der Waals surface area contributed by atoms with Gasteiger partial charge in [-0.05, 0) is 24.6 Å². The molecule has 1 unspecified atom stereocenters. The third kappa shape index (κ3) is 2.92. The molecule has 1 N–H and O–H groups in total. The molecular formula is C16H13F3N4O2. The number of Topliss-reactive ketones (excluding diaryl/α,β-unsaturated/α-hetero) is 1. The SMILES string of the molecule is CC(=O)c1nn(C(C)c2ccc(C(F)(F)F)cc2)c2nc[nH]c(=O)c12. The number of rotatable bonds is 3. The van der Waals surface area contributed by atoms with Gasteiger partial charge in [-0.3, -0.25) is 9.59 Å². The van der Waals surface area contributed by atoms with Crippen LogP contribution >= 0.6 is 0 Å². The number of nitrogens with one attached hydrogen (secondary N) is 1. The van der Waals surface area contributed by atoms with Crippen molar-refractivity contribution in [2.75, 3.05) is 0 Å². The van der Waals surface area contributed by atoms with E-state index in [1.54, 1.807) is 6.92 Å². The predicted molar refractivity (Wildman–Crippen MR) is 83.4 cm³/mol. The van der Waals surface area contributed by atoms with Crippen molar-refractivity contribution in [1.82, 2.24) is 19.7 Å². The summed E-state index contributed by atoms with van der Waals surface area (Å²) in [6.45, 7) is 2.98. The van der Waals surface area contributed by atoms with Crippen LogP contribution in [0.1, 0.15) is 41.5 Å². The van der Waals surface area contributed by atoms with E-state index in [9.17, 15) is 22.8 Å². The third-order valence-electron chi connectivity index (χ3n) is 3.92. The van der Waals surface area contributed by atoms with E-state index < -0.39 is 29.1 Å². The normalized spacial score (nSPS) is 13.2. The highest BCUT2D eigenvalue weighted by atomic mass is 19.4. The van der Waals surface area contributed by atoms with Crippen LogP contribution in [0.3, 0.4) is 0 Å². The highest BCUT2D eigenvalue weighted by Gasteiger charge is 2.30. The lowest BCUT2D eigenvalue weighted by Gasteiger charge is -2.14. The standard InChI is InChI=1S/C16H13F3N4O2/c1-8(10-3-5-11(6-4-10)16(17,18)19)23-14-12(13(22-23)9(2)24)15(25)21-7-20-14/h3-8H,1-2H3,(H,20,21,25). The largest absolute Gasteiger partial charge is 0.416 e. The van der Waals surface area contributed by atoms with Crippen LogP contribution in [0.2, 0.25) is 0 Å². The molecule has 130 valence electrons. The molecule has 1 atom stereocenters. The highest BCUT2D eigenvalue weighted by molar-refractivity contribution is 6.03. The van der Waals surface area contributed by atoms with Crippen molar-refractivity contribution in [3.05, 3.63) is 57.8 Å². The summed E-state index contributed by atoms with van der Waals surface area (Å²) in [5.74, 6) is -0.401. The fourth-order valence-electron chi connectivity index (χ4n) is 2.59. The Balaban J connectivity index is 2.12. The topological polar surface area (TPSA) is 80.6 Å². The first-order valence-corrected chi connectivity index (χ1v) is 7.34. The molecule has 0 bridgehead atoms. The molecule has 0 saturated carbocycles. The minimum atomic E-state index is -4.42. The van der Waals surface area contributed by atoms with Gasteiger partial charge in [0.2, 0.25) is 0 Å². The predicted octanol–water partition coefficient (Wildman–Crippen LogP) is 2.95. The number of nitrogens with zero attached hydrogens (tertiary/aromatic N) is 3. The quantitative estimate of drug-likeness (QED) is 0.737. The number of H-pyrrole nitrogens is 1. The van der Waals surface area contributed by atoms with Crippen LogP contribution in [-0.2, 0) is 6.18 Å². The van der Waals surface area contributed by atoms with Crippen LogP contribution in [-0.4, -0.2) is 25.5 Å². The van der Waals surface area contributed by atoms with Crippen molar-refractivity contribution in [1.29, 1.82) is 0 Å². The number of fused-ring (bicyclic) bond motifs is 1. The number of benzene rings is 1. The molecule has 0 amide bonds. The van der Waals surface area contributed by atoms with E-state index in [1.165, 1.54) is 30.1 Å². The van der Waals surface area contributed by atoms with E-state index in [2.05, 4.69) is 15.1 Å². The van der Waals surface area contributed by atoms with E-state index in [1.807, 2.05) is 0 Å². The first kappa shape index (κ1) is 16.9. The van der Waals surface area contributed by atoms with Crippen molar-refractivity contribution in [2.45, 2.75) is 26.1 Å². The van der Waals surface area contributed by atoms with E-state index in [-0.39, 0.29) is 16.7 Å². The number of ketones is 1. The lowest BCUT2D eigenvalue weighted by atomic mass is 10.1. The summed E-state index contributed by atoms with van der Waals surface area (Å²) < 4.78 is 39.4. The number of aromatic nitrogens is 4. The highest BCUT2D eigenvalue weighted by Crippen LogP contribution is 2.31. The molecule has 0 aliphatic rings. The maximum Gasteiger partial charge on any atom is 0.416 e. The van der Waals surface area contributed by atoms with Crippen molar-refractivity contribution in [3.63, 3.8) is 0 Å². The summed E-state index contributed by atoms with van der Waals surface area (Å²) >= 11 is 0. The van der Waals surface area contributed by atoms with Crippen LogP contribution in [0.25, 0.3) is 11.0 Å². The Morgan fingerprint density at radius 2 is 1.88 bits per heavy atom. The van der Waals surface area contributed by atoms with Crippen LogP contribution in [0, 0.1) is 0 Å². The third-order valence-corrected chi connectivity index (χ3v) is 3.92. The Labute approximate surface area is 139 Å². The fourth-order valence-corrected chi connectivity index (χ4v) is 2.59. The van der Waals surface area contributed by atoms with Gasteiger partial charge in [0.1, 0.15) is 11.1 Å². The zero-order valence-corrected chi connectivity index (χ0v) is 13.3. The Hall–Kier alpha value is -2.97. The molecule has 2 heterocycles. The maximum atomic E-state index is 12.7. The van der Waals surface area contributed by atoms with Crippen LogP contribution in [0.15, 0.2) is 35.4 Å². The van der Waals surface area contributed by atoms with Crippen LogP contribution in [0.4, 0.5) is 13.2 Å². The van der Waals surface area contributed by atoms with Crippen molar-refractivity contribution >= 4 is 16.8 Å². The smallest absolute Gasteiger partial charge is 0.312 e. The van der Waals surface area contributed by atoms with Gasteiger partial charge in [0.25, 0.3) is 5.56 Å². The van der Waals surface area contributed by atoms with Gasteiger partial charge < -0.3 is 4.98 Å². The maximum absolute atomic E-state index is 12.7. The number of carbonyl (C=O) groups is 1. The van der Waals surface area contributed by atoms with Gasteiger partial charge >= 0.3 is 6.18 Å². The van der Waals surface area contributed by atoms with E-state index >= 15 is 0 Å². The zero-order chi connectivity index (χ0) is 18.4. The molecule has 0 radical (unpaired) electrons. The Morgan fingerprint density at radius 1 is 1.24 bits per heavy atom. The van der Waals surface area contributed by atoms with Crippen molar-refractivity contribution < 1.29 is 18.0 Å². The molecule has 0 spiro atoms. The average Bonchev–Trinajstić information content (AvgIpc) is 2.95. The molecule has 0 fully saturated rings. The lowest BCUT2D eigenvalue weighted by Crippen LogP contribution is -2.12. The Bertz CT molecular complexity index is 1000. The summed E-state index contributed by atoms with van der Waals surface area (Å²) in [7, 11) is 0. The summed E-state index contributed by atoms with van der Waals surface area (Å²) in [4.78, 5) is 30.2. The molecule has 3 rings (SSSR count). The molecular weight excluding hydrogens is 337 g/mol. The van der Waals surface area contributed by atoms with Gasteiger partial charge in [0, 0.05) is 6.92 Å². The Morgan fingerprint density at radius 3 is 2.44 bits per heavy atom. The molecule has 3 aromatic rings. The number of hydrogen-bond donors (Lipinski definition) is 1. The molecule has 0 aliphatic heterocycles. The number of halogens is 3. The van der Waals surface area contributed by atoms with Crippen LogP contribution < -0.4 is 5.56 Å². The second-order valence-electron chi connectivity index (χ2n) is 5.58. The van der Waals surface area contributed by atoms with Crippen molar-refractivity contribution in [3.8, 4) is 0 Å². The van der Waals surface area contributed by atoms with Gasteiger partial charge in [-0.2, -0.15) is 18.3 Å². The molecule has 0 aliphatic carbocycles.